The number of nitrogens with zero attached hydrogens (tertiary/aromatic N) is 1. The van der Waals surface area contributed by atoms with Crippen molar-refractivity contribution in [2.24, 2.45) is 5.73 Å². The number of hydrogen-bond acceptors (Lipinski definition) is 2. The monoisotopic (exact) mass is 202 g/mol. The number of aromatic hydroxyl groups is 1. The van der Waals surface area contributed by atoms with Crippen LogP contribution in [0.1, 0.15) is 24.6 Å². The SMILES string of the molecule is NCc1cc2c(O)cccc2n1C1CC1. The average molecular weight is 202 g/mol. The summed E-state index contributed by atoms with van der Waals surface area (Å²) in [7, 11) is 0. The Morgan fingerprint density at radius 1 is 1.40 bits per heavy atom. The highest BCUT2D eigenvalue weighted by atomic mass is 16.3. The number of phenolic OH excluding ortho intramolecular Hbond substituents is 1. The summed E-state index contributed by atoms with van der Waals surface area (Å²) >= 11 is 0. The van der Waals surface area contributed by atoms with E-state index in [1.54, 1.807) is 6.07 Å². The van der Waals surface area contributed by atoms with Crippen LogP contribution < -0.4 is 5.73 Å². The third kappa shape index (κ3) is 1.23. The topological polar surface area (TPSA) is 51.2 Å². The quantitative estimate of drug-likeness (QED) is 0.783. The van der Waals surface area contributed by atoms with Gasteiger partial charge in [0.2, 0.25) is 0 Å². The van der Waals surface area contributed by atoms with Gasteiger partial charge in [-0.25, -0.2) is 0 Å². The van der Waals surface area contributed by atoms with Gasteiger partial charge in [-0.05, 0) is 31.0 Å². The Morgan fingerprint density at radius 2 is 2.20 bits per heavy atom. The molecule has 0 atom stereocenters. The van der Waals surface area contributed by atoms with Crippen molar-refractivity contribution in [2.45, 2.75) is 25.4 Å². The van der Waals surface area contributed by atoms with Gasteiger partial charge in [0.1, 0.15) is 5.75 Å². The molecule has 1 heterocycles. The third-order valence-electron chi connectivity index (χ3n) is 3.06. The van der Waals surface area contributed by atoms with Gasteiger partial charge in [-0.15, -0.1) is 0 Å². The third-order valence-corrected chi connectivity index (χ3v) is 3.06. The molecule has 3 rings (SSSR count). The summed E-state index contributed by atoms with van der Waals surface area (Å²) < 4.78 is 2.27. The van der Waals surface area contributed by atoms with E-state index in [-0.39, 0.29) is 0 Å². The van der Waals surface area contributed by atoms with E-state index in [4.69, 9.17) is 5.73 Å². The number of phenols is 1. The van der Waals surface area contributed by atoms with E-state index >= 15 is 0 Å². The molecule has 0 aliphatic heterocycles. The lowest BCUT2D eigenvalue weighted by molar-refractivity contribution is 0.481. The van der Waals surface area contributed by atoms with Gasteiger partial charge in [-0.3, -0.25) is 0 Å². The van der Waals surface area contributed by atoms with Gasteiger partial charge in [0.25, 0.3) is 0 Å². The van der Waals surface area contributed by atoms with Crippen molar-refractivity contribution in [3.8, 4) is 5.75 Å². The first kappa shape index (κ1) is 8.80. The molecule has 0 radical (unpaired) electrons. The molecular weight excluding hydrogens is 188 g/mol. The molecule has 1 aromatic carbocycles. The first-order chi connectivity index (χ1) is 7.31. The minimum Gasteiger partial charge on any atom is -0.507 e. The predicted molar refractivity (Wildman–Crippen MR) is 59.8 cm³/mol. The number of fused-ring (bicyclic) bond motifs is 1. The molecule has 0 saturated heterocycles. The molecule has 0 bridgehead atoms. The van der Waals surface area contributed by atoms with E-state index in [0.717, 1.165) is 16.6 Å². The van der Waals surface area contributed by atoms with Crippen LogP contribution in [0.2, 0.25) is 0 Å². The largest absolute Gasteiger partial charge is 0.507 e. The second-order valence-electron chi connectivity index (χ2n) is 4.15. The van der Waals surface area contributed by atoms with Crippen LogP contribution in [0.5, 0.6) is 5.75 Å². The Morgan fingerprint density at radius 3 is 2.87 bits per heavy atom. The van der Waals surface area contributed by atoms with E-state index in [9.17, 15) is 5.11 Å². The summed E-state index contributed by atoms with van der Waals surface area (Å²) in [4.78, 5) is 0. The number of benzene rings is 1. The van der Waals surface area contributed by atoms with Crippen molar-refractivity contribution in [1.29, 1.82) is 0 Å². The van der Waals surface area contributed by atoms with Crippen LogP contribution in [0.25, 0.3) is 10.9 Å². The van der Waals surface area contributed by atoms with Crippen LogP contribution in [0.3, 0.4) is 0 Å². The molecule has 15 heavy (non-hydrogen) atoms. The Kier molecular flexibility index (Phi) is 1.76. The molecule has 0 amide bonds. The molecule has 1 saturated carbocycles. The molecule has 1 fully saturated rings. The van der Waals surface area contributed by atoms with E-state index in [2.05, 4.69) is 4.57 Å². The fourth-order valence-corrected chi connectivity index (χ4v) is 2.21. The molecule has 3 heteroatoms. The maximum atomic E-state index is 9.75. The van der Waals surface area contributed by atoms with Crippen molar-refractivity contribution >= 4 is 10.9 Å². The van der Waals surface area contributed by atoms with Gasteiger partial charge in [0.05, 0.1) is 5.52 Å². The van der Waals surface area contributed by atoms with Crippen LogP contribution in [-0.2, 0) is 6.54 Å². The van der Waals surface area contributed by atoms with Crippen molar-refractivity contribution in [3.63, 3.8) is 0 Å². The highest BCUT2D eigenvalue weighted by Gasteiger charge is 2.27. The van der Waals surface area contributed by atoms with E-state index in [1.165, 1.54) is 12.8 Å². The minimum absolute atomic E-state index is 0.349. The van der Waals surface area contributed by atoms with E-state index in [1.807, 2.05) is 18.2 Å². The Balaban J connectivity index is 2.33. The second-order valence-corrected chi connectivity index (χ2v) is 4.15. The summed E-state index contributed by atoms with van der Waals surface area (Å²) in [6, 6.07) is 8.26. The summed E-state index contributed by atoms with van der Waals surface area (Å²) in [6.07, 6.45) is 2.46. The second kappa shape index (κ2) is 3.00. The number of hydrogen-bond donors (Lipinski definition) is 2. The molecule has 3 N–H and O–H groups in total. The fourth-order valence-electron chi connectivity index (χ4n) is 2.21. The molecule has 1 aromatic heterocycles. The van der Waals surface area contributed by atoms with Gasteiger partial charge in [-0.2, -0.15) is 0 Å². The van der Waals surface area contributed by atoms with Crippen LogP contribution >= 0.6 is 0 Å². The minimum atomic E-state index is 0.349. The summed E-state index contributed by atoms with van der Waals surface area (Å²) in [5.74, 6) is 0.349. The zero-order valence-electron chi connectivity index (χ0n) is 8.48. The summed E-state index contributed by atoms with van der Waals surface area (Å²) in [5.41, 5.74) is 7.96. The summed E-state index contributed by atoms with van der Waals surface area (Å²) in [6.45, 7) is 0.532. The van der Waals surface area contributed by atoms with Crippen molar-refractivity contribution in [1.82, 2.24) is 4.57 Å². The van der Waals surface area contributed by atoms with Crippen LogP contribution in [0.4, 0.5) is 0 Å². The maximum Gasteiger partial charge on any atom is 0.124 e. The number of rotatable bonds is 2. The Labute approximate surface area is 88.1 Å². The normalized spacial score (nSPS) is 16.1. The maximum absolute atomic E-state index is 9.75. The first-order valence-corrected chi connectivity index (χ1v) is 5.33. The van der Waals surface area contributed by atoms with Crippen molar-refractivity contribution < 1.29 is 5.11 Å². The molecule has 2 aromatic rings. The summed E-state index contributed by atoms with van der Waals surface area (Å²) in [5, 5.41) is 10.7. The smallest absolute Gasteiger partial charge is 0.124 e. The van der Waals surface area contributed by atoms with E-state index in [0.29, 0.717) is 18.3 Å². The zero-order valence-corrected chi connectivity index (χ0v) is 8.48. The van der Waals surface area contributed by atoms with Crippen LogP contribution in [0.15, 0.2) is 24.3 Å². The Bertz CT molecular complexity index is 512. The first-order valence-electron chi connectivity index (χ1n) is 5.33. The highest BCUT2D eigenvalue weighted by molar-refractivity contribution is 5.87. The molecule has 0 spiro atoms. The Hall–Kier alpha value is -1.48. The lowest BCUT2D eigenvalue weighted by Gasteiger charge is -2.07. The van der Waals surface area contributed by atoms with Gasteiger partial charge < -0.3 is 15.4 Å². The van der Waals surface area contributed by atoms with Gasteiger partial charge in [-0.1, -0.05) is 6.07 Å². The lowest BCUT2D eigenvalue weighted by atomic mass is 10.2. The zero-order chi connectivity index (χ0) is 10.4. The van der Waals surface area contributed by atoms with Crippen LogP contribution in [-0.4, -0.2) is 9.67 Å². The molecule has 3 nitrogen and oxygen atoms in total. The van der Waals surface area contributed by atoms with E-state index < -0.39 is 0 Å². The molecule has 1 aliphatic carbocycles. The van der Waals surface area contributed by atoms with Crippen molar-refractivity contribution in [3.05, 3.63) is 30.0 Å². The van der Waals surface area contributed by atoms with Gasteiger partial charge in [0.15, 0.2) is 0 Å². The number of nitrogens with two attached hydrogens (primary N) is 1. The predicted octanol–water partition coefficient (Wildman–Crippen LogP) is 2.14. The standard InChI is InChI=1S/C12H14N2O/c13-7-9-6-10-11(2-1-3-12(10)15)14(9)8-4-5-8/h1-3,6,8,15H,4-5,7,13H2. The molecule has 0 unspecified atom stereocenters. The van der Waals surface area contributed by atoms with Gasteiger partial charge >= 0.3 is 0 Å². The van der Waals surface area contributed by atoms with Crippen molar-refractivity contribution in [2.75, 3.05) is 0 Å². The average Bonchev–Trinajstić information content (AvgIpc) is 3.00. The molecule has 1 aliphatic rings. The van der Waals surface area contributed by atoms with Gasteiger partial charge in [0, 0.05) is 23.7 Å². The molecule has 78 valence electrons. The molecular formula is C12H14N2O. The lowest BCUT2D eigenvalue weighted by Crippen LogP contribution is -2.05. The van der Waals surface area contributed by atoms with Crippen LogP contribution in [0, 0.1) is 0 Å². The highest BCUT2D eigenvalue weighted by Crippen LogP contribution is 2.40. The number of aromatic nitrogens is 1. The fraction of sp³-hybridized carbons (Fsp3) is 0.333.